The zero-order valence-corrected chi connectivity index (χ0v) is 14.6. The van der Waals surface area contributed by atoms with Crippen molar-refractivity contribution in [2.45, 2.75) is 57.1 Å². The Morgan fingerprint density at radius 2 is 2.18 bits per heavy atom. The number of hydrogen-bond donors (Lipinski definition) is 1. The second-order valence-electron chi connectivity index (χ2n) is 5.65. The lowest BCUT2D eigenvalue weighted by Crippen LogP contribution is -2.51. The molecule has 1 heterocycles. The Morgan fingerprint density at radius 1 is 1.55 bits per heavy atom. The lowest BCUT2D eigenvalue weighted by atomic mass is 9.90. The van der Waals surface area contributed by atoms with Crippen molar-refractivity contribution in [3.63, 3.8) is 0 Å². The second-order valence-corrected chi connectivity index (χ2v) is 6.96. The molecule has 0 saturated carbocycles. The number of thioether (sulfide) groups is 1. The van der Waals surface area contributed by atoms with E-state index >= 15 is 0 Å². The van der Waals surface area contributed by atoms with Crippen LogP contribution in [0.25, 0.3) is 0 Å². The van der Waals surface area contributed by atoms with Crippen LogP contribution in [-0.2, 0) is 11.3 Å². The highest BCUT2D eigenvalue weighted by molar-refractivity contribution is 8.00. The number of nitrogens with zero attached hydrogens (tertiary/aromatic N) is 4. The summed E-state index contributed by atoms with van der Waals surface area (Å²) in [6.07, 6.45) is 1.76. The van der Waals surface area contributed by atoms with Crippen molar-refractivity contribution in [3.05, 3.63) is 18.5 Å². The molecule has 2 unspecified atom stereocenters. The van der Waals surface area contributed by atoms with Gasteiger partial charge in [-0.2, -0.15) is 5.26 Å². The van der Waals surface area contributed by atoms with Gasteiger partial charge < -0.3 is 9.88 Å². The Balaban J connectivity index is 2.81. The van der Waals surface area contributed by atoms with E-state index in [2.05, 4.69) is 28.2 Å². The molecule has 0 saturated heterocycles. The molecule has 2 atom stereocenters. The topological polar surface area (TPSA) is 83.6 Å². The highest BCUT2D eigenvalue weighted by Gasteiger charge is 2.32. The first-order valence-corrected chi connectivity index (χ1v) is 8.03. The van der Waals surface area contributed by atoms with Gasteiger partial charge in [-0.3, -0.25) is 4.79 Å². The number of aryl methyl sites for hydroxylation is 1. The number of nitriles is 1. The first-order chi connectivity index (χ1) is 10.2. The monoisotopic (exact) mass is 321 g/mol. The molecular weight excluding hydrogens is 298 g/mol. The summed E-state index contributed by atoms with van der Waals surface area (Å²) in [5.41, 5.74) is -0.878. The zero-order chi connectivity index (χ0) is 16.9. The van der Waals surface area contributed by atoms with Crippen LogP contribution < -0.4 is 5.32 Å². The lowest BCUT2D eigenvalue weighted by molar-refractivity contribution is -0.121. The van der Waals surface area contributed by atoms with Gasteiger partial charge in [0.05, 0.1) is 11.3 Å². The van der Waals surface area contributed by atoms with Crippen LogP contribution in [0.1, 0.15) is 33.5 Å². The molecule has 120 valence electrons. The molecule has 1 rings (SSSR count). The summed E-state index contributed by atoms with van der Waals surface area (Å²) in [6, 6.07) is 2.18. The fourth-order valence-electron chi connectivity index (χ4n) is 1.66. The summed E-state index contributed by atoms with van der Waals surface area (Å²) >= 11 is 1.32. The van der Waals surface area contributed by atoms with E-state index in [-0.39, 0.29) is 17.1 Å². The van der Waals surface area contributed by atoms with E-state index in [1.807, 2.05) is 25.3 Å². The maximum atomic E-state index is 12.3. The Bertz CT molecular complexity index is 589. The van der Waals surface area contributed by atoms with E-state index in [1.165, 1.54) is 11.8 Å². The van der Waals surface area contributed by atoms with Crippen molar-refractivity contribution in [2.24, 2.45) is 5.92 Å². The molecule has 0 aliphatic heterocycles. The van der Waals surface area contributed by atoms with E-state index in [0.29, 0.717) is 11.7 Å². The SMILES string of the molecule is C=CCn1c(C)nnc1SC(C)C(=O)NC(C)(C#N)C(C)C. The van der Waals surface area contributed by atoms with Crippen molar-refractivity contribution in [3.8, 4) is 6.07 Å². The zero-order valence-electron chi connectivity index (χ0n) is 13.8. The summed E-state index contributed by atoms with van der Waals surface area (Å²) < 4.78 is 1.90. The quantitative estimate of drug-likeness (QED) is 0.615. The highest BCUT2D eigenvalue weighted by Crippen LogP contribution is 2.24. The number of rotatable bonds is 7. The molecule has 0 spiro atoms. The van der Waals surface area contributed by atoms with Gasteiger partial charge in [-0.05, 0) is 26.7 Å². The molecule has 0 radical (unpaired) electrons. The van der Waals surface area contributed by atoms with Crippen LogP contribution in [0.15, 0.2) is 17.8 Å². The average Bonchev–Trinajstić information content (AvgIpc) is 2.80. The number of nitrogens with one attached hydrogen (secondary N) is 1. The number of allylic oxidation sites excluding steroid dienone is 1. The first-order valence-electron chi connectivity index (χ1n) is 7.15. The van der Waals surface area contributed by atoms with Crippen molar-refractivity contribution in [2.75, 3.05) is 0 Å². The van der Waals surface area contributed by atoms with Gasteiger partial charge in [0.15, 0.2) is 5.16 Å². The Morgan fingerprint density at radius 3 is 2.68 bits per heavy atom. The number of carbonyl (C=O) groups is 1. The molecule has 0 bridgehead atoms. The molecule has 1 N–H and O–H groups in total. The lowest BCUT2D eigenvalue weighted by Gasteiger charge is -2.28. The fourth-order valence-corrected chi connectivity index (χ4v) is 2.56. The van der Waals surface area contributed by atoms with Gasteiger partial charge in [-0.25, -0.2) is 0 Å². The molecule has 1 aromatic heterocycles. The molecular formula is C15H23N5OS. The normalized spacial score (nSPS) is 15.0. The van der Waals surface area contributed by atoms with Crippen LogP contribution in [0.2, 0.25) is 0 Å². The second kappa shape index (κ2) is 7.45. The summed E-state index contributed by atoms with van der Waals surface area (Å²) in [7, 11) is 0. The minimum absolute atomic E-state index is 0.0188. The number of hydrogen-bond acceptors (Lipinski definition) is 5. The highest BCUT2D eigenvalue weighted by atomic mass is 32.2. The van der Waals surface area contributed by atoms with Crippen molar-refractivity contribution in [1.82, 2.24) is 20.1 Å². The fraction of sp³-hybridized carbons (Fsp3) is 0.600. The third-order valence-corrected chi connectivity index (χ3v) is 4.72. The maximum Gasteiger partial charge on any atom is 0.234 e. The largest absolute Gasteiger partial charge is 0.337 e. The summed E-state index contributed by atoms with van der Waals surface area (Å²) in [4.78, 5) is 12.3. The average molecular weight is 321 g/mol. The van der Waals surface area contributed by atoms with Gasteiger partial charge in [0.1, 0.15) is 11.4 Å². The van der Waals surface area contributed by atoms with Crippen molar-refractivity contribution < 1.29 is 4.79 Å². The van der Waals surface area contributed by atoms with Crippen molar-refractivity contribution in [1.29, 1.82) is 5.26 Å². The third kappa shape index (κ3) is 4.10. The predicted molar refractivity (Wildman–Crippen MR) is 87.3 cm³/mol. The molecule has 0 aromatic carbocycles. The first kappa shape index (κ1) is 18.2. The molecule has 7 heteroatoms. The number of aromatic nitrogens is 3. The Labute approximate surface area is 136 Å². The van der Waals surface area contributed by atoms with Gasteiger partial charge >= 0.3 is 0 Å². The smallest absolute Gasteiger partial charge is 0.234 e. The summed E-state index contributed by atoms with van der Waals surface area (Å²) in [5, 5.41) is 20.5. The van der Waals surface area contributed by atoms with Gasteiger partial charge in [-0.1, -0.05) is 31.7 Å². The molecule has 6 nitrogen and oxygen atoms in total. The minimum atomic E-state index is -0.878. The van der Waals surface area contributed by atoms with Crippen LogP contribution in [0.3, 0.4) is 0 Å². The molecule has 22 heavy (non-hydrogen) atoms. The molecule has 1 aromatic rings. The van der Waals surface area contributed by atoms with E-state index in [1.54, 1.807) is 19.9 Å². The Kier molecular flexibility index (Phi) is 6.18. The van der Waals surface area contributed by atoms with Crippen molar-refractivity contribution >= 4 is 17.7 Å². The van der Waals surface area contributed by atoms with Crippen LogP contribution in [0.4, 0.5) is 0 Å². The standard InChI is InChI=1S/C15H23N5OS/c1-7-8-20-12(5)18-19-14(20)22-11(4)13(21)17-15(6,9-16)10(2)3/h7,10-11H,1,8H2,2-6H3,(H,17,21). The van der Waals surface area contributed by atoms with Gasteiger partial charge in [0.25, 0.3) is 0 Å². The molecule has 0 fully saturated rings. The van der Waals surface area contributed by atoms with Gasteiger partial charge in [-0.15, -0.1) is 16.8 Å². The Hall–Kier alpha value is -1.81. The minimum Gasteiger partial charge on any atom is -0.337 e. The number of carbonyl (C=O) groups excluding carboxylic acids is 1. The van der Waals surface area contributed by atoms with E-state index in [4.69, 9.17) is 0 Å². The number of amides is 1. The van der Waals surface area contributed by atoms with E-state index in [9.17, 15) is 10.1 Å². The van der Waals surface area contributed by atoms with Crippen LogP contribution >= 0.6 is 11.8 Å². The van der Waals surface area contributed by atoms with Crippen LogP contribution in [0, 0.1) is 24.2 Å². The van der Waals surface area contributed by atoms with Crippen LogP contribution in [0.5, 0.6) is 0 Å². The third-order valence-electron chi connectivity index (χ3n) is 3.63. The van der Waals surface area contributed by atoms with Crippen LogP contribution in [-0.4, -0.2) is 31.5 Å². The molecule has 0 aliphatic rings. The summed E-state index contributed by atoms with van der Waals surface area (Å²) in [6.45, 7) is 13.5. The molecule has 1 amide bonds. The summed E-state index contributed by atoms with van der Waals surface area (Å²) in [5.74, 6) is 0.609. The van der Waals surface area contributed by atoms with E-state index in [0.717, 1.165) is 5.82 Å². The van der Waals surface area contributed by atoms with E-state index < -0.39 is 5.54 Å². The van der Waals surface area contributed by atoms with Gasteiger partial charge in [0.2, 0.25) is 5.91 Å². The predicted octanol–water partition coefficient (Wildman–Crippen LogP) is 2.31. The molecule has 0 aliphatic carbocycles. The van der Waals surface area contributed by atoms with Gasteiger partial charge in [0, 0.05) is 6.54 Å². The maximum absolute atomic E-state index is 12.3.